The minimum absolute atomic E-state index is 0.109. The van der Waals surface area contributed by atoms with Crippen molar-refractivity contribution in [1.29, 1.82) is 0 Å². The molecule has 1 aromatic carbocycles. The highest BCUT2D eigenvalue weighted by Crippen LogP contribution is 2.32. The first-order valence-electron chi connectivity index (χ1n) is 6.24. The number of hydrogen-bond acceptors (Lipinski definition) is 2. The average molecular weight is 289 g/mol. The van der Waals surface area contributed by atoms with E-state index in [0.29, 0.717) is 0 Å². The van der Waals surface area contributed by atoms with Gasteiger partial charge in [0.05, 0.1) is 5.56 Å². The zero-order chi connectivity index (χ0) is 15.3. The lowest BCUT2D eigenvalue weighted by atomic mass is 10.0. The molecule has 0 heterocycles. The third-order valence-electron chi connectivity index (χ3n) is 2.96. The molecule has 20 heavy (non-hydrogen) atoms. The quantitative estimate of drug-likeness (QED) is 0.905. The van der Waals surface area contributed by atoms with E-state index in [4.69, 9.17) is 4.74 Å². The minimum atomic E-state index is -4.39. The van der Waals surface area contributed by atoms with E-state index in [1.54, 1.807) is 19.9 Å². The van der Waals surface area contributed by atoms with Crippen molar-refractivity contribution in [1.82, 2.24) is 5.32 Å². The van der Waals surface area contributed by atoms with E-state index in [9.17, 15) is 18.0 Å². The summed E-state index contributed by atoms with van der Waals surface area (Å²) in [5.74, 6) is -0.343. The van der Waals surface area contributed by atoms with Crippen LogP contribution >= 0.6 is 0 Å². The number of nitrogens with one attached hydrogen (secondary N) is 1. The molecule has 0 aliphatic heterocycles. The van der Waals surface area contributed by atoms with Crippen molar-refractivity contribution < 1.29 is 22.7 Å². The minimum Gasteiger partial charge on any atom is -0.372 e. The highest BCUT2D eigenvalue weighted by Gasteiger charge is 2.33. The predicted octanol–water partition coefficient (Wildman–Crippen LogP) is 2.79. The lowest BCUT2D eigenvalue weighted by Crippen LogP contribution is -2.40. The SMILES string of the molecule is CO[C@H](C)C(=O)N[C@@H](C)Cc1ccccc1C(F)(F)F. The summed E-state index contributed by atoms with van der Waals surface area (Å²) in [7, 11) is 1.40. The summed E-state index contributed by atoms with van der Waals surface area (Å²) in [4.78, 5) is 11.6. The number of carbonyl (C=O) groups is 1. The summed E-state index contributed by atoms with van der Waals surface area (Å²) in [6, 6.07) is 4.95. The first kappa shape index (κ1) is 16.5. The molecule has 3 nitrogen and oxygen atoms in total. The fourth-order valence-corrected chi connectivity index (χ4v) is 1.82. The Bertz CT molecular complexity index is 460. The smallest absolute Gasteiger partial charge is 0.372 e. The standard InChI is InChI=1S/C14H18F3NO2/c1-9(18-13(19)10(2)20-3)8-11-6-4-5-7-12(11)14(15,16)17/h4-7,9-10H,8H2,1-3H3,(H,18,19)/t9-,10+/m0/s1. The number of hydrogen-bond donors (Lipinski definition) is 1. The van der Waals surface area contributed by atoms with Crippen LogP contribution in [-0.4, -0.2) is 25.2 Å². The maximum absolute atomic E-state index is 12.8. The number of benzene rings is 1. The van der Waals surface area contributed by atoms with Gasteiger partial charge < -0.3 is 10.1 Å². The molecule has 1 rings (SSSR count). The third-order valence-corrected chi connectivity index (χ3v) is 2.96. The van der Waals surface area contributed by atoms with Gasteiger partial charge in [0.15, 0.2) is 0 Å². The molecule has 0 aromatic heterocycles. The molecule has 0 radical (unpaired) electrons. The Labute approximate surface area is 116 Å². The Kier molecular flexibility index (Phi) is 5.56. The van der Waals surface area contributed by atoms with Gasteiger partial charge >= 0.3 is 6.18 Å². The van der Waals surface area contributed by atoms with Crippen molar-refractivity contribution in [2.75, 3.05) is 7.11 Å². The number of methoxy groups -OCH3 is 1. The third kappa shape index (κ3) is 4.52. The normalized spacial score (nSPS) is 14.7. The lowest BCUT2D eigenvalue weighted by molar-refractivity contribution is -0.138. The summed E-state index contributed by atoms with van der Waals surface area (Å²) in [6.45, 7) is 3.24. The Balaban J connectivity index is 2.76. The molecule has 112 valence electrons. The Hall–Kier alpha value is -1.56. The zero-order valence-electron chi connectivity index (χ0n) is 11.6. The van der Waals surface area contributed by atoms with Crippen LogP contribution in [0.2, 0.25) is 0 Å². The van der Waals surface area contributed by atoms with Crippen molar-refractivity contribution in [2.24, 2.45) is 0 Å². The molecule has 0 aliphatic carbocycles. The average Bonchev–Trinajstić information content (AvgIpc) is 2.36. The second-order valence-corrected chi connectivity index (χ2v) is 4.65. The predicted molar refractivity (Wildman–Crippen MR) is 69.2 cm³/mol. The van der Waals surface area contributed by atoms with Crippen LogP contribution in [0.1, 0.15) is 25.0 Å². The molecule has 1 N–H and O–H groups in total. The van der Waals surface area contributed by atoms with E-state index < -0.39 is 23.9 Å². The number of rotatable bonds is 5. The fraction of sp³-hybridized carbons (Fsp3) is 0.500. The largest absolute Gasteiger partial charge is 0.416 e. The second-order valence-electron chi connectivity index (χ2n) is 4.65. The van der Waals surface area contributed by atoms with E-state index in [0.717, 1.165) is 6.07 Å². The van der Waals surface area contributed by atoms with Crippen LogP contribution in [0.15, 0.2) is 24.3 Å². The van der Waals surface area contributed by atoms with Gasteiger partial charge in [-0.25, -0.2) is 0 Å². The molecule has 0 unspecified atom stereocenters. The van der Waals surface area contributed by atoms with Gasteiger partial charge in [0, 0.05) is 13.2 Å². The number of alkyl halides is 3. The Morgan fingerprint density at radius 2 is 1.90 bits per heavy atom. The van der Waals surface area contributed by atoms with Gasteiger partial charge in [0.1, 0.15) is 6.10 Å². The highest BCUT2D eigenvalue weighted by molar-refractivity contribution is 5.80. The van der Waals surface area contributed by atoms with Crippen LogP contribution in [0.25, 0.3) is 0 Å². The van der Waals surface area contributed by atoms with E-state index in [-0.39, 0.29) is 17.9 Å². The van der Waals surface area contributed by atoms with Gasteiger partial charge in [0.25, 0.3) is 0 Å². The highest BCUT2D eigenvalue weighted by atomic mass is 19.4. The summed E-state index contributed by atoms with van der Waals surface area (Å²) in [6.07, 6.45) is -4.91. The summed E-state index contributed by atoms with van der Waals surface area (Å²) in [5.41, 5.74) is -0.501. The summed E-state index contributed by atoms with van der Waals surface area (Å²) < 4.78 is 43.4. The summed E-state index contributed by atoms with van der Waals surface area (Å²) in [5, 5.41) is 2.63. The maximum atomic E-state index is 12.8. The van der Waals surface area contributed by atoms with Gasteiger partial charge in [-0.1, -0.05) is 18.2 Å². The molecule has 0 bridgehead atoms. The Morgan fingerprint density at radius 1 is 1.30 bits per heavy atom. The molecule has 2 atom stereocenters. The molecule has 0 fully saturated rings. The summed E-state index contributed by atoms with van der Waals surface area (Å²) >= 11 is 0. The van der Waals surface area contributed by atoms with Crippen LogP contribution in [0.3, 0.4) is 0 Å². The van der Waals surface area contributed by atoms with Crippen LogP contribution in [0, 0.1) is 0 Å². The molecule has 1 aromatic rings. The van der Waals surface area contributed by atoms with Crippen molar-refractivity contribution in [2.45, 2.75) is 38.6 Å². The molecule has 0 saturated heterocycles. The topological polar surface area (TPSA) is 38.3 Å². The van der Waals surface area contributed by atoms with Gasteiger partial charge in [-0.2, -0.15) is 13.2 Å². The van der Waals surface area contributed by atoms with Crippen LogP contribution in [0.4, 0.5) is 13.2 Å². The number of ether oxygens (including phenoxy) is 1. The lowest BCUT2D eigenvalue weighted by Gasteiger charge is -2.19. The monoisotopic (exact) mass is 289 g/mol. The molecule has 0 aliphatic rings. The van der Waals surface area contributed by atoms with Crippen LogP contribution in [0.5, 0.6) is 0 Å². The van der Waals surface area contributed by atoms with Crippen LogP contribution < -0.4 is 5.32 Å². The molecular formula is C14H18F3NO2. The van der Waals surface area contributed by atoms with Gasteiger partial charge in [-0.15, -0.1) is 0 Å². The van der Waals surface area contributed by atoms with E-state index >= 15 is 0 Å². The fourth-order valence-electron chi connectivity index (χ4n) is 1.82. The van der Waals surface area contributed by atoms with E-state index in [1.807, 2.05) is 0 Å². The number of halogens is 3. The molecule has 0 spiro atoms. The van der Waals surface area contributed by atoms with Crippen LogP contribution in [-0.2, 0) is 22.1 Å². The number of amides is 1. The zero-order valence-corrected chi connectivity index (χ0v) is 11.6. The van der Waals surface area contributed by atoms with E-state index in [1.165, 1.54) is 19.2 Å². The second kappa shape index (κ2) is 6.74. The Morgan fingerprint density at radius 3 is 2.45 bits per heavy atom. The van der Waals surface area contributed by atoms with Crippen molar-refractivity contribution >= 4 is 5.91 Å². The van der Waals surface area contributed by atoms with Gasteiger partial charge in [0.2, 0.25) is 5.91 Å². The van der Waals surface area contributed by atoms with E-state index in [2.05, 4.69) is 5.32 Å². The van der Waals surface area contributed by atoms with Crippen molar-refractivity contribution in [3.63, 3.8) is 0 Å². The molecular weight excluding hydrogens is 271 g/mol. The van der Waals surface area contributed by atoms with Gasteiger partial charge in [-0.05, 0) is 31.9 Å². The molecule has 1 amide bonds. The first-order chi connectivity index (χ1) is 9.25. The van der Waals surface area contributed by atoms with Gasteiger partial charge in [-0.3, -0.25) is 4.79 Å². The molecule has 6 heteroatoms. The first-order valence-corrected chi connectivity index (χ1v) is 6.24. The molecule has 0 saturated carbocycles. The maximum Gasteiger partial charge on any atom is 0.416 e. The van der Waals surface area contributed by atoms with Crippen molar-refractivity contribution in [3.8, 4) is 0 Å². The van der Waals surface area contributed by atoms with Crippen molar-refractivity contribution in [3.05, 3.63) is 35.4 Å². The number of carbonyl (C=O) groups excluding carboxylic acids is 1.